The molecule has 1 N–H and O–H groups in total. The Morgan fingerprint density at radius 1 is 1.71 bits per heavy atom. The molecule has 7 heavy (non-hydrogen) atoms. The largest absolute Gasteiger partial charge is 0.505 e. The van der Waals surface area contributed by atoms with Crippen molar-refractivity contribution in [1.29, 1.82) is 0 Å². The van der Waals surface area contributed by atoms with Crippen LogP contribution < -0.4 is 0 Å². The van der Waals surface area contributed by atoms with Crippen LogP contribution in [0.4, 0.5) is 0 Å². The van der Waals surface area contributed by atoms with Crippen molar-refractivity contribution in [2.45, 2.75) is 19.8 Å². The van der Waals surface area contributed by atoms with E-state index in [-0.39, 0.29) is 0 Å². The molecule has 0 aliphatic heterocycles. The number of hydrogen-bond donors (Lipinski definition) is 1. The minimum Gasteiger partial charge on any atom is -0.161 e. The van der Waals surface area contributed by atoms with E-state index >= 15 is 0 Å². The molecule has 1 unspecified atom stereocenters. The maximum Gasteiger partial charge on any atom is 0.505 e. The van der Waals surface area contributed by atoms with E-state index in [9.17, 15) is 4.57 Å². The molecule has 0 bridgehead atoms. The number of rotatable bonds is 3. The Kier molecular flexibility index (Phi) is 4.26. The van der Waals surface area contributed by atoms with Crippen LogP contribution in [0.25, 0.3) is 0 Å². The van der Waals surface area contributed by atoms with E-state index in [4.69, 9.17) is 4.89 Å². The average Bonchev–Trinajstić information content (AvgIpc) is 1.61. The van der Waals surface area contributed by atoms with Gasteiger partial charge in [0.1, 0.15) is 0 Å². The van der Waals surface area contributed by atoms with Crippen LogP contribution in [0.3, 0.4) is 0 Å². The van der Waals surface area contributed by atoms with Crippen LogP contribution in [0.1, 0.15) is 19.8 Å². The van der Waals surface area contributed by atoms with E-state index in [0.29, 0.717) is 6.16 Å². The normalized spacial score (nSPS) is 11.4. The molecule has 0 spiro atoms. The van der Waals surface area contributed by atoms with Crippen LogP contribution in [-0.4, -0.2) is 11.1 Å². The van der Waals surface area contributed by atoms with Crippen molar-refractivity contribution in [2.24, 2.45) is 0 Å². The van der Waals surface area contributed by atoms with E-state index in [1.54, 1.807) is 0 Å². The summed E-state index contributed by atoms with van der Waals surface area (Å²) in [6.07, 6.45) is 2.33. The molecule has 3 heteroatoms. The molecule has 0 heterocycles. The first-order valence-corrected chi connectivity index (χ1v) is 3.80. The van der Waals surface area contributed by atoms with Gasteiger partial charge in [0.25, 0.3) is 0 Å². The van der Waals surface area contributed by atoms with Gasteiger partial charge >= 0.3 is 8.03 Å². The molecular weight excluding hydrogens is 111 g/mol. The summed E-state index contributed by atoms with van der Waals surface area (Å²) in [6.45, 7) is 2.00. The molecule has 0 aliphatic rings. The summed E-state index contributed by atoms with van der Waals surface area (Å²) in [5.74, 6) is 0. The first kappa shape index (κ1) is 7.06. The molecule has 0 aromatic rings. The molecule has 0 aliphatic carbocycles. The van der Waals surface area contributed by atoms with Gasteiger partial charge in [-0.15, -0.1) is 0 Å². The molecule has 0 saturated carbocycles. The highest BCUT2D eigenvalue weighted by molar-refractivity contribution is 7.37. The lowest BCUT2D eigenvalue weighted by Crippen LogP contribution is -1.73. The van der Waals surface area contributed by atoms with E-state index in [0.717, 1.165) is 12.8 Å². The van der Waals surface area contributed by atoms with Crippen molar-refractivity contribution in [3.05, 3.63) is 0 Å². The molecule has 0 radical (unpaired) electrons. The van der Waals surface area contributed by atoms with Gasteiger partial charge in [0.05, 0.1) is 0 Å². The van der Waals surface area contributed by atoms with E-state index in [1.807, 2.05) is 6.92 Å². The van der Waals surface area contributed by atoms with Gasteiger partial charge in [0.15, 0.2) is 6.16 Å². The minimum atomic E-state index is -1.86. The fraction of sp³-hybridized carbons (Fsp3) is 1.00. The Bertz CT molecular complexity index is 62.7. The molecule has 42 valence electrons. The van der Waals surface area contributed by atoms with Crippen molar-refractivity contribution < 1.29 is 9.46 Å². The van der Waals surface area contributed by atoms with Crippen LogP contribution in [0.15, 0.2) is 0 Å². The summed E-state index contributed by atoms with van der Waals surface area (Å²) in [6, 6.07) is 0. The minimum absolute atomic E-state index is 0.464. The Morgan fingerprint density at radius 3 is 2.43 bits per heavy atom. The Balaban J connectivity index is 2.82. The quantitative estimate of drug-likeness (QED) is 0.575. The average molecular weight is 121 g/mol. The van der Waals surface area contributed by atoms with Gasteiger partial charge in [-0.25, -0.2) is 0 Å². The molecule has 0 saturated heterocycles. The van der Waals surface area contributed by atoms with E-state index in [2.05, 4.69) is 0 Å². The predicted molar refractivity (Wildman–Crippen MR) is 29.6 cm³/mol. The first-order chi connectivity index (χ1) is 3.27. The third-order valence-corrected chi connectivity index (χ3v) is 1.40. The topological polar surface area (TPSA) is 37.3 Å². The summed E-state index contributed by atoms with van der Waals surface area (Å²) in [5, 5.41) is 0. The summed E-state index contributed by atoms with van der Waals surface area (Å²) >= 11 is 0. The van der Waals surface area contributed by atoms with Gasteiger partial charge in [-0.2, -0.15) is 4.89 Å². The van der Waals surface area contributed by atoms with Crippen LogP contribution >= 0.6 is 8.03 Å². The Morgan fingerprint density at radius 2 is 2.29 bits per heavy atom. The van der Waals surface area contributed by atoms with Crippen molar-refractivity contribution in [3.8, 4) is 0 Å². The van der Waals surface area contributed by atoms with Gasteiger partial charge in [-0.05, 0) is 11.0 Å². The van der Waals surface area contributed by atoms with Crippen molar-refractivity contribution in [2.75, 3.05) is 6.16 Å². The SMILES string of the molecule is CCCC[P+](=O)O. The monoisotopic (exact) mass is 121 g/mol. The second-order valence-electron chi connectivity index (χ2n) is 1.43. The van der Waals surface area contributed by atoms with Gasteiger partial charge in [-0.3, -0.25) is 0 Å². The standard InChI is InChI=1S/C4H9O2P/c1-2-3-4-7(5)6/h2-4H2,1H3/p+1. The number of hydrogen-bond acceptors (Lipinski definition) is 1. The van der Waals surface area contributed by atoms with Crippen molar-refractivity contribution in [1.82, 2.24) is 0 Å². The molecule has 0 fully saturated rings. The van der Waals surface area contributed by atoms with Gasteiger partial charge in [0, 0.05) is 0 Å². The molecule has 2 nitrogen and oxygen atoms in total. The Hall–Kier alpha value is 0.0600. The smallest absolute Gasteiger partial charge is 0.161 e. The van der Waals surface area contributed by atoms with E-state index in [1.165, 1.54) is 0 Å². The highest BCUT2D eigenvalue weighted by Gasteiger charge is 2.05. The summed E-state index contributed by atoms with van der Waals surface area (Å²) < 4.78 is 9.91. The zero-order valence-electron chi connectivity index (χ0n) is 4.42. The summed E-state index contributed by atoms with van der Waals surface area (Å²) in [5.41, 5.74) is 0. The maximum absolute atomic E-state index is 9.91. The lowest BCUT2D eigenvalue weighted by molar-refractivity contribution is 0.501. The second kappa shape index (κ2) is 4.23. The maximum atomic E-state index is 9.91. The lowest BCUT2D eigenvalue weighted by Gasteiger charge is -1.75. The fourth-order valence-corrected chi connectivity index (χ4v) is 0.880. The molecule has 0 rings (SSSR count). The van der Waals surface area contributed by atoms with Gasteiger partial charge in [0.2, 0.25) is 0 Å². The predicted octanol–water partition coefficient (Wildman–Crippen LogP) is 1.52. The molecule has 1 atom stereocenters. The fourth-order valence-electron chi connectivity index (χ4n) is 0.293. The molecule has 0 amide bonds. The Labute approximate surface area is 44.4 Å². The van der Waals surface area contributed by atoms with Crippen LogP contribution in [0, 0.1) is 0 Å². The first-order valence-electron chi connectivity index (χ1n) is 2.41. The van der Waals surface area contributed by atoms with Crippen LogP contribution in [0.2, 0.25) is 0 Å². The number of unbranched alkanes of at least 4 members (excludes halogenated alkanes) is 1. The highest BCUT2D eigenvalue weighted by Crippen LogP contribution is 2.13. The molecule has 0 aromatic carbocycles. The zero-order valence-corrected chi connectivity index (χ0v) is 5.32. The third-order valence-electron chi connectivity index (χ3n) is 0.703. The second-order valence-corrected chi connectivity index (χ2v) is 2.58. The highest BCUT2D eigenvalue weighted by atomic mass is 31.1. The van der Waals surface area contributed by atoms with Crippen LogP contribution in [-0.2, 0) is 4.57 Å². The molecular formula is C4H10O2P+. The van der Waals surface area contributed by atoms with Gasteiger partial charge < -0.3 is 0 Å². The third kappa shape index (κ3) is 6.06. The summed E-state index contributed by atoms with van der Waals surface area (Å²) in [4.78, 5) is 8.19. The lowest BCUT2D eigenvalue weighted by atomic mass is 10.4. The van der Waals surface area contributed by atoms with Crippen molar-refractivity contribution in [3.63, 3.8) is 0 Å². The van der Waals surface area contributed by atoms with Gasteiger partial charge in [-0.1, -0.05) is 13.3 Å². The van der Waals surface area contributed by atoms with Crippen LogP contribution in [0.5, 0.6) is 0 Å². The van der Waals surface area contributed by atoms with E-state index < -0.39 is 8.03 Å². The summed E-state index contributed by atoms with van der Waals surface area (Å²) in [7, 11) is -1.86. The zero-order chi connectivity index (χ0) is 5.70. The molecule has 0 aromatic heterocycles. The van der Waals surface area contributed by atoms with Crippen molar-refractivity contribution >= 4 is 8.03 Å².